The molecule has 0 saturated heterocycles. The summed E-state index contributed by atoms with van der Waals surface area (Å²) in [6.45, 7) is 1.04. The Morgan fingerprint density at radius 1 is 1.67 bits per heavy atom. The molecule has 1 rings (SSSR count). The Balaban J connectivity index is 2.45. The van der Waals surface area contributed by atoms with E-state index in [1.165, 1.54) is 17.5 Å². The van der Waals surface area contributed by atoms with Crippen molar-refractivity contribution in [3.05, 3.63) is 0 Å². The van der Waals surface area contributed by atoms with E-state index in [0.717, 1.165) is 6.54 Å². The fourth-order valence-electron chi connectivity index (χ4n) is 0.513. The topological polar surface area (TPSA) is 12.4 Å². The van der Waals surface area contributed by atoms with E-state index in [4.69, 9.17) is 0 Å². The van der Waals surface area contributed by atoms with E-state index >= 15 is 0 Å². The van der Waals surface area contributed by atoms with E-state index < -0.39 is 0 Å². The minimum atomic E-state index is 1.04. The summed E-state index contributed by atoms with van der Waals surface area (Å²) in [5, 5.41) is 0. The van der Waals surface area contributed by atoms with Crippen molar-refractivity contribution in [1.29, 1.82) is 0 Å². The summed E-state index contributed by atoms with van der Waals surface area (Å²) in [4.78, 5) is 4.10. The van der Waals surface area contributed by atoms with Gasteiger partial charge in [0.05, 0.1) is 0 Å². The third-order valence-electron chi connectivity index (χ3n) is 0.837. The van der Waals surface area contributed by atoms with E-state index in [9.17, 15) is 0 Å². The van der Waals surface area contributed by atoms with Gasteiger partial charge in [0.15, 0.2) is 0 Å². The summed E-state index contributed by atoms with van der Waals surface area (Å²) >= 11 is 2.89. The summed E-state index contributed by atoms with van der Waals surface area (Å²) in [5.74, 6) is 0. The third-order valence-corrected chi connectivity index (χ3v) is 1.54. The zero-order valence-electron chi connectivity index (χ0n) is 3.48. The van der Waals surface area contributed by atoms with Crippen LogP contribution < -0.4 is 0 Å². The SMILES string of the molecule is [Se]C1=NCCC1. The first-order valence-corrected chi connectivity index (χ1v) is 2.95. The predicted octanol–water partition coefficient (Wildman–Crippen LogP) is 0.347. The Bertz CT molecular complexity index is 77.6. The van der Waals surface area contributed by atoms with Crippen LogP contribution in [0.3, 0.4) is 0 Å². The molecule has 33 valence electrons. The van der Waals surface area contributed by atoms with Gasteiger partial charge in [0, 0.05) is 0 Å². The van der Waals surface area contributed by atoms with Gasteiger partial charge in [-0.15, -0.1) is 0 Å². The van der Waals surface area contributed by atoms with Crippen molar-refractivity contribution in [3.63, 3.8) is 0 Å². The van der Waals surface area contributed by atoms with Crippen molar-refractivity contribution < 1.29 is 0 Å². The monoisotopic (exact) mass is 148 g/mol. The van der Waals surface area contributed by atoms with Crippen LogP contribution in [-0.2, 0) is 0 Å². The van der Waals surface area contributed by atoms with Crippen molar-refractivity contribution in [2.45, 2.75) is 12.8 Å². The van der Waals surface area contributed by atoms with Crippen LogP contribution in [0.25, 0.3) is 0 Å². The molecule has 1 heterocycles. The second-order valence-electron chi connectivity index (χ2n) is 1.38. The van der Waals surface area contributed by atoms with E-state index in [-0.39, 0.29) is 0 Å². The van der Waals surface area contributed by atoms with Crippen molar-refractivity contribution in [2.24, 2.45) is 4.99 Å². The Labute approximate surface area is 45.7 Å². The molecule has 1 nitrogen and oxygen atoms in total. The van der Waals surface area contributed by atoms with Gasteiger partial charge in [-0.1, -0.05) is 0 Å². The van der Waals surface area contributed by atoms with E-state index in [2.05, 4.69) is 21.0 Å². The van der Waals surface area contributed by atoms with Crippen molar-refractivity contribution in [2.75, 3.05) is 6.54 Å². The van der Waals surface area contributed by atoms with Crippen LogP contribution in [0.1, 0.15) is 12.8 Å². The van der Waals surface area contributed by atoms with Gasteiger partial charge in [-0.2, -0.15) is 0 Å². The zero-order valence-corrected chi connectivity index (χ0v) is 5.19. The summed E-state index contributed by atoms with van der Waals surface area (Å²) in [5.41, 5.74) is 0. The van der Waals surface area contributed by atoms with Crippen LogP contribution in [0.15, 0.2) is 4.99 Å². The predicted molar refractivity (Wildman–Crippen MR) is 27.3 cm³/mol. The molecule has 1 aliphatic heterocycles. The summed E-state index contributed by atoms with van der Waals surface area (Å²) in [7, 11) is 0. The Kier molecular flexibility index (Phi) is 1.28. The average molecular weight is 147 g/mol. The molecule has 0 aliphatic carbocycles. The number of rotatable bonds is 0. The molecule has 1 aliphatic rings. The fraction of sp³-hybridized carbons (Fsp3) is 0.750. The first-order valence-electron chi connectivity index (χ1n) is 2.10. The van der Waals surface area contributed by atoms with Gasteiger partial charge in [-0.3, -0.25) is 0 Å². The number of hydrogen-bond donors (Lipinski definition) is 0. The van der Waals surface area contributed by atoms with E-state index in [1.54, 1.807) is 0 Å². The average Bonchev–Trinajstić information content (AvgIpc) is 1.86. The van der Waals surface area contributed by atoms with Crippen molar-refractivity contribution >= 4 is 20.6 Å². The molecule has 0 N–H and O–H groups in total. The molecule has 6 heavy (non-hydrogen) atoms. The van der Waals surface area contributed by atoms with Gasteiger partial charge in [0.1, 0.15) is 0 Å². The molecule has 0 fully saturated rings. The molecule has 0 aromatic carbocycles. The second-order valence-corrected chi connectivity index (χ2v) is 2.37. The molecule has 0 unspecified atom stereocenters. The molecule has 0 saturated carbocycles. The fourth-order valence-corrected chi connectivity index (χ4v) is 1.01. The van der Waals surface area contributed by atoms with Crippen molar-refractivity contribution in [3.8, 4) is 0 Å². The van der Waals surface area contributed by atoms with Crippen molar-refractivity contribution in [1.82, 2.24) is 0 Å². The van der Waals surface area contributed by atoms with Crippen LogP contribution in [0.2, 0.25) is 0 Å². The van der Waals surface area contributed by atoms with Gasteiger partial charge < -0.3 is 0 Å². The second kappa shape index (κ2) is 1.76. The van der Waals surface area contributed by atoms with Gasteiger partial charge in [0.25, 0.3) is 0 Å². The first kappa shape index (κ1) is 4.35. The molecular weight excluding hydrogens is 141 g/mol. The molecule has 0 spiro atoms. The minimum absolute atomic E-state index is 1.04. The maximum atomic E-state index is 4.10. The Morgan fingerprint density at radius 2 is 2.50 bits per heavy atom. The molecule has 0 aromatic rings. The molecule has 1 radical (unpaired) electrons. The van der Waals surface area contributed by atoms with Gasteiger partial charge >= 0.3 is 45.0 Å². The molecule has 0 bridgehead atoms. The molecule has 0 amide bonds. The summed E-state index contributed by atoms with van der Waals surface area (Å²) < 4.78 is 1.20. The zero-order chi connectivity index (χ0) is 4.41. The number of hydrogen-bond acceptors (Lipinski definition) is 1. The van der Waals surface area contributed by atoms with Crippen LogP contribution in [0, 0.1) is 0 Å². The van der Waals surface area contributed by atoms with E-state index in [0.29, 0.717) is 0 Å². The summed E-state index contributed by atoms with van der Waals surface area (Å²) in [6, 6.07) is 0. The molecule has 0 aromatic heterocycles. The van der Waals surface area contributed by atoms with Gasteiger partial charge in [0.2, 0.25) is 0 Å². The molecule has 2 heteroatoms. The normalized spacial score (nSPS) is 21.0. The molecule has 0 atom stereocenters. The van der Waals surface area contributed by atoms with Gasteiger partial charge in [-0.25, -0.2) is 0 Å². The van der Waals surface area contributed by atoms with Crippen LogP contribution >= 0.6 is 0 Å². The Morgan fingerprint density at radius 3 is 2.67 bits per heavy atom. The van der Waals surface area contributed by atoms with Crippen LogP contribution in [-0.4, -0.2) is 27.2 Å². The first-order chi connectivity index (χ1) is 2.89. The maximum absolute atomic E-state index is 4.10. The third kappa shape index (κ3) is 0.825. The summed E-state index contributed by atoms with van der Waals surface area (Å²) in [6.07, 6.45) is 2.43. The standard InChI is InChI=1S/C4H6NSe/c6-4-2-1-3-5-4/h1-3H2. The van der Waals surface area contributed by atoms with Gasteiger partial charge in [-0.05, 0) is 0 Å². The molecular formula is C4H6NSe. The van der Waals surface area contributed by atoms with Crippen LogP contribution in [0.4, 0.5) is 0 Å². The number of aliphatic imine (C=N–C) groups is 1. The quantitative estimate of drug-likeness (QED) is 0.438. The van der Waals surface area contributed by atoms with Crippen LogP contribution in [0.5, 0.6) is 0 Å². The Hall–Kier alpha value is 0.189. The number of nitrogens with zero attached hydrogens (tertiary/aromatic N) is 1. The van der Waals surface area contributed by atoms with E-state index in [1.807, 2.05) is 0 Å².